The van der Waals surface area contributed by atoms with Crippen LogP contribution in [0.25, 0.3) is 0 Å². The quantitative estimate of drug-likeness (QED) is 0.717. The average molecular weight is 446 g/mol. The standard InChI is InChI=1S/C21H29F3N2O5/c1-5-29-15-8-6-7-9-16(15)30-13-18(27)26-12-14(10-11-17(26)21(22,23)24)25-19(28)31-20(2,3)4/h6-9,14,17H,5,10-13H2,1-4H3,(H,25,28). The van der Waals surface area contributed by atoms with E-state index in [0.29, 0.717) is 12.4 Å². The molecule has 31 heavy (non-hydrogen) atoms. The molecule has 1 aromatic carbocycles. The minimum absolute atomic E-state index is 0.0707. The number of amides is 2. The highest BCUT2D eigenvalue weighted by molar-refractivity contribution is 5.78. The zero-order valence-electron chi connectivity index (χ0n) is 18.1. The van der Waals surface area contributed by atoms with Crippen molar-refractivity contribution in [1.29, 1.82) is 0 Å². The van der Waals surface area contributed by atoms with Gasteiger partial charge in [0.15, 0.2) is 18.1 Å². The lowest BCUT2D eigenvalue weighted by Crippen LogP contribution is -2.59. The molecule has 2 rings (SSSR count). The van der Waals surface area contributed by atoms with Crippen LogP contribution < -0.4 is 14.8 Å². The number of benzene rings is 1. The molecule has 2 atom stereocenters. The van der Waals surface area contributed by atoms with Crippen molar-refractivity contribution in [2.24, 2.45) is 0 Å². The summed E-state index contributed by atoms with van der Waals surface area (Å²) in [4.78, 5) is 25.4. The third-order valence-corrected chi connectivity index (χ3v) is 4.50. The molecule has 10 heteroatoms. The van der Waals surface area contributed by atoms with Crippen LogP contribution in [-0.4, -0.2) is 60.5 Å². The number of piperidine rings is 1. The van der Waals surface area contributed by atoms with Gasteiger partial charge in [-0.15, -0.1) is 0 Å². The number of alkyl halides is 3. The van der Waals surface area contributed by atoms with Gasteiger partial charge < -0.3 is 24.4 Å². The Balaban J connectivity index is 2.07. The first-order valence-electron chi connectivity index (χ1n) is 10.1. The van der Waals surface area contributed by atoms with Crippen LogP contribution >= 0.6 is 0 Å². The van der Waals surface area contributed by atoms with Crippen molar-refractivity contribution in [2.75, 3.05) is 19.8 Å². The number of rotatable bonds is 6. The van der Waals surface area contributed by atoms with Crippen LogP contribution in [0.3, 0.4) is 0 Å². The second-order valence-electron chi connectivity index (χ2n) is 8.19. The van der Waals surface area contributed by atoms with Gasteiger partial charge in [-0.05, 0) is 52.7 Å². The van der Waals surface area contributed by atoms with E-state index in [1.54, 1.807) is 52.0 Å². The van der Waals surface area contributed by atoms with Crippen LogP contribution in [0, 0.1) is 0 Å². The summed E-state index contributed by atoms with van der Waals surface area (Å²) in [7, 11) is 0. The topological polar surface area (TPSA) is 77.1 Å². The van der Waals surface area contributed by atoms with Gasteiger partial charge in [0, 0.05) is 12.6 Å². The van der Waals surface area contributed by atoms with Gasteiger partial charge in [0.25, 0.3) is 5.91 Å². The summed E-state index contributed by atoms with van der Waals surface area (Å²) in [5, 5.41) is 2.55. The lowest BCUT2D eigenvalue weighted by molar-refractivity contribution is -0.198. The molecule has 1 fully saturated rings. The largest absolute Gasteiger partial charge is 0.490 e. The highest BCUT2D eigenvalue weighted by Gasteiger charge is 2.48. The molecule has 0 aliphatic carbocycles. The van der Waals surface area contributed by atoms with Gasteiger partial charge in [-0.1, -0.05) is 12.1 Å². The normalized spacial score (nSPS) is 19.5. The molecule has 1 aliphatic rings. The summed E-state index contributed by atoms with van der Waals surface area (Å²) < 4.78 is 56.6. The zero-order valence-corrected chi connectivity index (χ0v) is 18.1. The molecule has 1 aromatic rings. The van der Waals surface area contributed by atoms with Crippen molar-refractivity contribution in [1.82, 2.24) is 10.2 Å². The van der Waals surface area contributed by atoms with E-state index in [2.05, 4.69) is 5.32 Å². The van der Waals surface area contributed by atoms with E-state index in [0.717, 1.165) is 4.90 Å². The van der Waals surface area contributed by atoms with Crippen molar-refractivity contribution >= 4 is 12.0 Å². The fourth-order valence-corrected chi connectivity index (χ4v) is 3.25. The van der Waals surface area contributed by atoms with Gasteiger partial charge in [-0.25, -0.2) is 4.79 Å². The van der Waals surface area contributed by atoms with E-state index in [9.17, 15) is 22.8 Å². The number of likely N-dealkylation sites (tertiary alicyclic amines) is 1. The molecule has 1 heterocycles. The predicted octanol–water partition coefficient (Wildman–Crippen LogP) is 3.91. The van der Waals surface area contributed by atoms with Crippen molar-refractivity contribution < 1.29 is 37.0 Å². The van der Waals surface area contributed by atoms with Crippen LogP contribution in [0.15, 0.2) is 24.3 Å². The van der Waals surface area contributed by atoms with Gasteiger partial charge in [0.2, 0.25) is 0 Å². The van der Waals surface area contributed by atoms with Crippen molar-refractivity contribution in [3.05, 3.63) is 24.3 Å². The molecular formula is C21H29F3N2O5. The van der Waals surface area contributed by atoms with Crippen LogP contribution in [0.2, 0.25) is 0 Å². The maximum absolute atomic E-state index is 13.5. The number of hydrogen-bond acceptors (Lipinski definition) is 5. The molecule has 0 aromatic heterocycles. The second-order valence-corrected chi connectivity index (χ2v) is 8.19. The van der Waals surface area contributed by atoms with Gasteiger partial charge in [0.05, 0.1) is 6.61 Å². The number of hydrogen-bond donors (Lipinski definition) is 1. The summed E-state index contributed by atoms with van der Waals surface area (Å²) in [5.41, 5.74) is -0.745. The summed E-state index contributed by atoms with van der Waals surface area (Å²) in [5.74, 6) is -0.167. The van der Waals surface area contributed by atoms with E-state index in [-0.39, 0.29) is 25.1 Å². The van der Waals surface area contributed by atoms with E-state index in [4.69, 9.17) is 14.2 Å². The average Bonchev–Trinajstić information content (AvgIpc) is 2.64. The fourth-order valence-electron chi connectivity index (χ4n) is 3.25. The molecule has 1 aliphatic heterocycles. The summed E-state index contributed by atoms with van der Waals surface area (Å²) in [6, 6.07) is 4.00. The number of halogens is 3. The summed E-state index contributed by atoms with van der Waals surface area (Å²) in [6.45, 7) is 6.31. The maximum Gasteiger partial charge on any atom is 0.408 e. The third-order valence-electron chi connectivity index (χ3n) is 4.50. The Kier molecular flexibility index (Phi) is 8.02. The fraction of sp³-hybridized carbons (Fsp3) is 0.619. The van der Waals surface area contributed by atoms with Crippen molar-refractivity contribution in [3.63, 3.8) is 0 Å². The smallest absolute Gasteiger partial charge is 0.408 e. The van der Waals surface area contributed by atoms with Gasteiger partial charge in [0.1, 0.15) is 11.6 Å². The third kappa shape index (κ3) is 7.52. The molecule has 0 spiro atoms. The Labute approximate surface area is 179 Å². The lowest BCUT2D eigenvalue weighted by Gasteiger charge is -2.40. The first-order valence-corrected chi connectivity index (χ1v) is 10.1. The number of carbonyl (C=O) groups excluding carboxylic acids is 2. The first-order chi connectivity index (χ1) is 14.4. The van der Waals surface area contributed by atoms with Crippen LogP contribution in [0.4, 0.5) is 18.0 Å². The number of carbonyl (C=O) groups is 2. The highest BCUT2D eigenvalue weighted by atomic mass is 19.4. The first kappa shape index (κ1) is 24.6. The van der Waals surface area contributed by atoms with E-state index >= 15 is 0 Å². The molecule has 2 unspecified atom stereocenters. The summed E-state index contributed by atoms with van der Waals surface area (Å²) >= 11 is 0. The lowest BCUT2D eigenvalue weighted by atomic mass is 9.97. The summed E-state index contributed by atoms with van der Waals surface area (Å²) in [6.07, 6.45) is -5.58. The molecule has 7 nitrogen and oxygen atoms in total. The molecule has 0 bridgehead atoms. The SMILES string of the molecule is CCOc1ccccc1OCC(=O)N1CC(NC(=O)OC(C)(C)C)CCC1C(F)(F)F. The Bertz CT molecular complexity index is 764. The van der Waals surface area contributed by atoms with Crippen LogP contribution in [0.1, 0.15) is 40.5 Å². The highest BCUT2D eigenvalue weighted by Crippen LogP contribution is 2.33. The van der Waals surface area contributed by atoms with E-state index in [1.807, 2.05) is 0 Å². The number of para-hydroxylation sites is 2. The minimum atomic E-state index is -4.59. The Morgan fingerprint density at radius 2 is 1.71 bits per heavy atom. The van der Waals surface area contributed by atoms with Crippen LogP contribution in [0.5, 0.6) is 11.5 Å². The van der Waals surface area contributed by atoms with Crippen LogP contribution in [-0.2, 0) is 9.53 Å². The zero-order chi connectivity index (χ0) is 23.2. The predicted molar refractivity (Wildman–Crippen MR) is 107 cm³/mol. The van der Waals surface area contributed by atoms with Gasteiger partial charge >= 0.3 is 12.3 Å². The Morgan fingerprint density at radius 3 is 2.26 bits per heavy atom. The van der Waals surface area contributed by atoms with Gasteiger partial charge in [-0.3, -0.25) is 4.79 Å². The second kappa shape index (κ2) is 10.1. The number of alkyl carbamates (subject to hydrolysis) is 1. The number of nitrogens with one attached hydrogen (secondary N) is 1. The molecule has 0 radical (unpaired) electrons. The van der Waals surface area contributed by atoms with Crippen molar-refractivity contribution in [2.45, 2.75) is 64.4 Å². The number of nitrogens with zero attached hydrogens (tertiary/aromatic N) is 1. The molecular weight excluding hydrogens is 417 g/mol. The number of ether oxygens (including phenoxy) is 3. The Hall–Kier alpha value is -2.65. The maximum atomic E-state index is 13.5. The molecule has 174 valence electrons. The van der Waals surface area contributed by atoms with E-state index in [1.165, 1.54) is 0 Å². The molecule has 2 amide bonds. The van der Waals surface area contributed by atoms with Gasteiger partial charge in [-0.2, -0.15) is 13.2 Å². The van der Waals surface area contributed by atoms with Crippen molar-refractivity contribution in [3.8, 4) is 11.5 Å². The Morgan fingerprint density at radius 1 is 1.10 bits per heavy atom. The molecule has 1 saturated heterocycles. The van der Waals surface area contributed by atoms with E-state index < -0.39 is 42.5 Å². The monoisotopic (exact) mass is 446 g/mol. The molecule has 0 saturated carbocycles. The minimum Gasteiger partial charge on any atom is -0.490 e. The molecule has 1 N–H and O–H groups in total.